The third-order valence-corrected chi connectivity index (χ3v) is 6.14. The number of fused-ring (bicyclic) bond motifs is 1. The van der Waals surface area contributed by atoms with Gasteiger partial charge in [0.25, 0.3) is 0 Å². The number of carbonyl (C=O) groups excluding carboxylic acids is 3. The van der Waals surface area contributed by atoms with Crippen LogP contribution in [-0.4, -0.2) is 47.5 Å². The Labute approximate surface area is 147 Å². The fourth-order valence-electron chi connectivity index (χ4n) is 3.21. The quantitative estimate of drug-likeness (QED) is 0.249. The fourth-order valence-corrected chi connectivity index (χ4v) is 4.79. The van der Waals surface area contributed by atoms with E-state index in [0.717, 1.165) is 50.6 Å². The topological polar surface area (TPSA) is 113 Å². The molecule has 7 nitrogen and oxygen atoms in total. The molecule has 2 heterocycles. The molecule has 2 rings (SSSR count). The molecule has 2 aliphatic rings. The molecule has 2 aliphatic heterocycles. The van der Waals surface area contributed by atoms with Crippen molar-refractivity contribution >= 4 is 30.0 Å². The van der Waals surface area contributed by atoms with Gasteiger partial charge in [0.15, 0.2) is 0 Å². The van der Waals surface area contributed by atoms with E-state index in [1.807, 2.05) is 0 Å². The minimum atomic E-state index is -0.617. The van der Waals surface area contributed by atoms with E-state index in [9.17, 15) is 14.4 Å². The van der Waals surface area contributed by atoms with Crippen LogP contribution >= 0.6 is 11.8 Å². The van der Waals surface area contributed by atoms with E-state index in [1.54, 1.807) is 11.8 Å². The van der Waals surface area contributed by atoms with Crippen LogP contribution in [0.5, 0.6) is 0 Å². The Hall–Kier alpha value is -1.28. The van der Waals surface area contributed by atoms with Crippen LogP contribution in [0.25, 0.3) is 0 Å². The van der Waals surface area contributed by atoms with Gasteiger partial charge in [-0.25, -0.2) is 4.79 Å². The largest absolute Gasteiger partial charge is 0.356 e. The number of thioether (sulfide) groups is 1. The number of urea groups is 1. The molecule has 0 aromatic heterocycles. The summed E-state index contributed by atoms with van der Waals surface area (Å²) in [5, 5.41) is 8.94. The second kappa shape index (κ2) is 9.27. The van der Waals surface area contributed by atoms with Crippen molar-refractivity contribution in [2.45, 2.75) is 68.3 Å². The van der Waals surface area contributed by atoms with E-state index in [1.165, 1.54) is 0 Å². The van der Waals surface area contributed by atoms with Crippen molar-refractivity contribution in [3.05, 3.63) is 0 Å². The van der Waals surface area contributed by atoms with Crippen LogP contribution in [-0.2, 0) is 9.59 Å². The first kappa shape index (κ1) is 19.1. The maximum atomic E-state index is 11.7. The third kappa shape index (κ3) is 5.37. The first-order chi connectivity index (χ1) is 11.5. The van der Waals surface area contributed by atoms with Crippen LogP contribution < -0.4 is 21.7 Å². The number of nitrogens with one attached hydrogen (secondary N) is 3. The van der Waals surface area contributed by atoms with Crippen LogP contribution in [0, 0.1) is 0 Å². The number of hydrogen-bond acceptors (Lipinski definition) is 5. The molecular formula is C16H28N4O3S. The van der Waals surface area contributed by atoms with E-state index >= 15 is 0 Å². The van der Waals surface area contributed by atoms with Gasteiger partial charge in [0.1, 0.15) is 11.9 Å². The summed E-state index contributed by atoms with van der Waals surface area (Å²) in [6.45, 7) is 0.686. The number of hydrogen-bond donors (Lipinski definition) is 4. The van der Waals surface area contributed by atoms with Crippen LogP contribution in [0.4, 0.5) is 4.79 Å². The number of amides is 3. The van der Waals surface area contributed by atoms with Gasteiger partial charge in [-0.2, -0.15) is 11.8 Å². The molecule has 2 fully saturated rings. The Morgan fingerprint density at radius 2 is 2.17 bits per heavy atom. The van der Waals surface area contributed by atoms with Crippen LogP contribution in [0.15, 0.2) is 0 Å². The van der Waals surface area contributed by atoms with Crippen molar-refractivity contribution in [1.82, 2.24) is 16.0 Å². The van der Waals surface area contributed by atoms with E-state index in [0.29, 0.717) is 24.6 Å². The smallest absolute Gasteiger partial charge is 0.316 e. The normalized spacial score (nSPS) is 28.1. The molecule has 3 amide bonds. The molecule has 0 unspecified atom stereocenters. The minimum absolute atomic E-state index is 0.0183. The van der Waals surface area contributed by atoms with Gasteiger partial charge < -0.3 is 26.5 Å². The summed E-state index contributed by atoms with van der Waals surface area (Å²) < 4.78 is 0. The second-order valence-corrected chi connectivity index (χ2v) is 7.81. The van der Waals surface area contributed by atoms with Gasteiger partial charge in [0.2, 0.25) is 5.91 Å². The summed E-state index contributed by atoms with van der Waals surface area (Å²) in [5.74, 6) is 0.819. The lowest BCUT2D eigenvalue weighted by Crippen LogP contribution is -2.58. The number of aldehydes is 1. The summed E-state index contributed by atoms with van der Waals surface area (Å²) in [6.07, 6.45) is 7.62. The number of unbranched alkanes of at least 4 members (excludes halogenated alkanes) is 4. The Balaban J connectivity index is 1.51. The maximum absolute atomic E-state index is 11.7. The molecule has 0 saturated carbocycles. The molecule has 3 atom stereocenters. The van der Waals surface area contributed by atoms with Gasteiger partial charge in [-0.15, -0.1) is 0 Å². The van der Waals surface area contributed by atoms with Crippen molar-refractivity contribution in [3.8, 4) is 0 Å². The van der Waals surface area contributed by atoms with Crippen molar-refractivity contribution in [1.29, 1.82) is 0 Å². The Morgan fingerprint density at radius 3 is 2.96 bits per heavy atom. The molecule has 0 aliphatic carbocycles. The Bertz CT molecular complexity index is 463. The first-order valence-electron chi connectivity index (χ1n) is 8.74. The fraction of sp³-hybridized carbons (Fsp3) is 0.812. The maximum Gasteiger partial charge on any atom is 0.316 e. The molecule has 24 heavy (non-hydrogen) atoms. The number of nitrogens with two attached hydrogens (primary N) is 1. The van der Waals surface area contributed by atoms with Gasteiger partial charge in [-0.3, -0.25) is 4.79 Å². The van der Waals surface area contributed by atoms with Crippen molar-refractivity contribution in [2.75, 3.05) is 12.3 Å². The van der Waals surface area contributed by atoms with E-state index in [4.69, 9.17) is 5.73 Å². The predicted octanol–water partition coefficient (Wildman–Crippen LogP) is 0.874. The van der Waals surface area contributed by atoms with Gasteiger partial charge >= 0.3 is 6.03 Å². The molecule has 0 aromatic carbocycles. The highest BCUT2D eigenvalue weighted by molar-refractivity contribution is 8.00. The van der Waals surface area contributed by atoms with Crippen LogP contribution in [0.1, 0.15) is 51.4 Å². The summed E-state index contributed by atoms with van der Waals surface area (Å²) in [6, 6.07) is -0.199. The molecule has 0 aromatic rings. The summed E-state index contributed by atoms with van der Waals surface area (Å²) in [4.78, 5) is 33.4. The Morgan fingerprint density at radius 1 is 1.33 bits per heavy atom. The Kier molecular flexibility index (Phi) is 7.36. The van der Waals surface area contributed by atoms with E-state index in [-0.39, 0.29) is 18.0 Å². The van der Waals surface area contributed by atoms with Gasteiger partial charge in [0, 0.05) is 30.4 Å². The standard InChI is InChI=1S/C16H28N4O3S/c17-16-11-24-12(14(16)19-15(23)20-16)7-3-4-8-13(22)18-9-5-1-2-6-10-21/h10,12,14H,1-9,11,17H2,(H,18,22)(H2,19,20,23)/t12-,14+,16-/m0/s1. The van der Waals surface area contributed by atoms with Crippen molar-refractivity contribution < 1.29 is 14.4 Å². The van der Waals surface area contributed by atoms with E-state index in [2.05, 4.69) is 16.0 Å². The zero-order chi connectivity index (χ0) is 17.4. The van der Waals surface area contributed by atoms with Gasteiger partial charge in [-0.1, -0.05) is 12.8 Å². The molecule has 0 bridgehead atoms. The lowest BCUT2D eigenvalue weighted by molar-refractivity contribution is -0.121. The summed E-state index contributed by atoms with van der Waals surface area (Å²) in [7, 11) is 0. The lowest BCUT2D eigenvalue weighted by Gasteiger charge is -2.23. The minimum Gasteiger partial charge on any atom is -0.356 e. The highest BCUT2D eigenvalue weighted by Gasteiger charge is 2.52. The second-order valence-electron chi connectivity index (χ2n) is 6.58. The van der Waals surface area contributed by atoms with Crippen molar-refractivity contribution in [2.24, 2.45) is 5.73 Å². The average Bonchev–Trinajstić information content (AvgIpc) is 2.99. The molecule has 136 valence electrons. The monoisotopic (exact) mass is 356 g/mol. The van der Waals surface area contributed by atoms with Crippen LogP contribution in [0.3, 0.4) is 0 Å². The zero-order valence-electron chi connectivity index (χ0n) is 14.0. The summed E-state index contributed by atoms with van der Waals surface area (Å²) >= 11 is 1.79. The highest BCUT2D eigenvalue weighted by atomic mass is 32.2. The molecule has 5 N–H and O–H groups in total. The summed E-state index contributed by atoms with van der Waals surface area (Å²) in [5.41, 5.74) is 5.58. The molecule has 8 heteroatoms. The van der Waals surface area contributed by atoms with Crippen molar-refractivity contribution in [3.63, 3.8) is 0 Å². The van der Waals surface area contributed by atoms with Crippen LogP contribution in [0.2, 0.25) is 0 Å². The molecule has 0 radical (unpaired) electrons. The third-order valence-electron chi connectivity index (χ3n) is 4.56. The first-order valence-corrected chi connectivity index (χ1v) is 9.79. The van der Waals surface area contributed by atoms with E-state index < -0.39 is 5.66 Å². The predicted molar refractivity (Wildman–Crippen MR) is 94.6 cm³/mol. The molecular weight excluding hydrogens is 328 g/mol. The lowest BCUT2D eigenvalue weighted by atomic mass is 9.98. The van der Waals surface area contributed by atoms with Gasteiger partial charge in [0.05, 0.1) is 6.04 Å². The molecule has 2 saturated heterocycles. The SMILES string of the molecule is N[C@]12CS[C@@H](CCCCC(=O)NCCCCCC=O)[C@H]1NC(=O)N2. The van der Waals surface area contributed by atoms with Gasteiger partial charge in [-0.05, 0) is 25.7 Å². The number of rotatable bonds is 11. The average molecular weight is 356 g/mol. The molecule has 0 spiro atoms. The highest BCUT2D eigenvalue weighted by Crippen LogP contribution is 2.37. The zero-order valence-corrected chi connectivity index (χ0v) is 14.8. The number of carbonyl (C=O) groups is 3.